The Morgan fingerprint density at radius 3 is 2.54 bits per heavy atom. The molecule has 0 radical (unpaired) electrons. The summed E-state index contributed by atoms with van der Waals surface area (Å²) < 4.78 is 59.9. The van der Waals surface area contributed by atoms with Crippen LogP contribution in [-0.4, -0.2) is 99.7 Å². The van der Waals surface area contributed by atoms with Crippen LogP contribution in [0.25, 0.3) is 11.3 Å². The minimum Gasteiger partial charge on any atom is -0.394 e. The molecule has 11 nitrogen and oxygen atoms in total. The Kier molecular flexibility index (Phi) is 8.75. The van der Waals surface area contributed by atoms with Crippen LogP contribution < -0.4 is 4.90 Å². The van der Waals surface area contributed by atoms with E-state index < -0.39 is 72.6 Å². The summed E-state index contributed by atoms with van der Waals surface area (Å²) in [6, 6.07) is 6.34. The molecule has 1 amide bonds. The molecule has 2 saturated heterocycles. The molecule has 3 N–H and O–H groups in total. The molecule has 7 atom stereocenters. The van der Waals surface area contributed by atoms with Crippen LogP contribution in [-0.2, 0) is 19.0 Å². The van der Waals surface area contributed by atoms with Gasteiger partial charge in [-0.25, -0.2) is 17.9 Å². The Morgan fingerprint density at radius 1 is 1.20 bits per heavy atom. The number of aliphatic hydroxyl groups is 3. The molecule has 0 aliphatic carbocycles. The van der Waals surface area contributed by atoms with Crippen molar-refractivity contribution in [3.05, 3.63) is 64.5 Å². The van der Waals surface area contributed by atoms with E-state index in [0.29, 0.717) is 10.2 Å². The average Bonchev–Trinajstić information content (AvgIpc) is 3.61. The molecular weight excluding hydrogens is 617 g/mol. The molecule has 2 aliphatic rings. The van der Waals surface area contributed by atoms with Crippen molar-refractivity contribution in [3.8, 4) is 11.3 Å². The van der Waals surface area contributed by atoms with Gasteiger partial charge in [0.1, 0.15) is 36.2 Å². The van der Waals surface area contributed by atoms with E-state index in [1.54, 1.807) is 24.3 Å². The largest absolute Gasteiger partial charge is 0.394 e. The smallest absolute Gasteiger partial charge is 0.259 e. The number of ether oxygens (including phenoxy) is 3. The number of halogens is 4. The number of aliphatic hydroxyl groups excluding tert-OH is 3. The van der Waals surface area contributed by atoms with Gasteiger partial charge in [0.15, 0.2) is 23.6 Å². The van der Waals surface area contributed by atoms with Gasteiger partial charge in [-0.1, -0.05) is 27.2 Å². The highest BCUT2D eigenvalue weighted by Gasteiger charge is 2.52. The highest BCUT2D eigenvalue weighted by atomic mass is 79.9. The van der Waals surface area contributed by atoms with E-state index >= 15 is 0 Å². The van der Waals surface area contributed by atoms with Crippen LogP contribution in [0.1, 0.15) is 6.04 Å². The Bertz CT molecular complexity index is 1390. The first-order valence-corrected chi connectivity index (χ1v) is 13.3. The zero-order chi connectivity index (χ0) is 29.4. The van der Waals surface area contributed by atoms with Gasteiger partial charge in [-0.3, -0.25) is 4.79 Å². The summed E-state index contributed by atoms with van der Waals surface area (Å²) in [6.45, 7) is -0.634. The fraction of sp³-hybridized carbons (Fsp3) is 0.423. The van der Waals surface area contributed by atoms with Crippen molar-refractivity contribution in [2.75, 3.05) is 31.8 Å². The Balaban J connectivity index is 1.53. The maximum Gasteiger partial charge on any atom is 0.259 e. The normalized spacial score (nSPS) is 28.1. The molecule has 3 aromatic rings. The standard InChI is InChI=1S/C26H26BrF3N4O7/c1-39-24-22(33-8-17(31-32-33)12-5-15(28)21(30)16(29)6-12)23(37)20(9-35)41-25(24)26(38)34(18-10-40-11-19(18)36)14-4-2-3-13(27)7-14/h2-8,18-20,22-25,35-37H,9-11H2,1H3/t18-,19-,20?,22?,23?,24?,25?/m0/s1. The highest BCUT2D eigenvalue weighted by molar-refractivity contribution is 9.10. The van der Waals surface area contributed by atoms with Crippen molar-refractivity contribution in [1.82, 2.24) is 15.0 Å². The van der Waals surface area contributed by atoms with Crippen molar-refractivity contribution in [2.24, 2.45) is 0 Å². The summed E-state index contributed by atoms with van der Waals surface area (Å²) >= 11 is 3.39. The van der Waals surface area contributed by atoms with Crippen molar-refractivity contribution in [1.29, 1.82) is 0 Å². The van der Waals surface area contributed by atoms with Crippen LogP contribution in [0, 0.1) is 17.5 Å². The first-order chi connectivity index (χ1) is 19.6. The Hall–Kier alpha value is -2.92. The third-order valence-corrected chi connectivity index (χ3v) is 7.65. The monoisotopic (exact) mass is 642 g/mol. The zero-order valence-electron chi connectivity index (χ0n) is 21.5. The maximum absolute atomic E-state index is 14.2. The van der Waals surface area contributed by atoms with Crippen molar-refractivity contribution in [3.63, 3.8) is 0 Å². The number of aromatic nitrogens is 3. The minimum absolute atomic E-state index is 0.00852. The number of benzene rings is 2. The summed E-state index contributed by atoms with van der Waals surface area (Å²) in [5.41, 5.74) is 0.247. The van der Waals surface area contributed by atoms with Gasteiger partial charge in [0, 0.05) is 22.8 Å². The minimum atomic E-state index is -1.64. The van der Waals surface area contributed by atoms with Gasteiger partial charge in [0.05, 0.1) is 32.1 Å². The second-order valence-corrected chi connectivity index (χ2v) is 10.6. The predicted octanol–water partition coefficient (Wildman–Crippen LogP) is 1.59. The van der Waals surface area contributed by atoms with Gasteiger partial charge in [0.2, 0.25) is 0 Å². The lowest BCUT2D eigenvalue weighted by molar-refractivity contribution is -0.211. The second kappa shape index (κ2) is 12.1. The number of nitrogens with zero attached hydrogens (tertiary/aromatic N) is 4. The first-order valence-electron chi connectivity index (χ1n) is 12.5. The van der Waals surface area contributed by atoms with Gasteiger partial charge in [-0.2, -0.15) is 0 Å². The predicted molar refractivity (Wildman–Crippen MR) is 139 cm³/mol. The lowest BCUT2D eigenvalue weighted by Gasteiger charge is -2.45. The van der Waals surface area contributed by atoms with Gasteiger partial charge in [0.25, 0.3) is 5.91 Å². The molecule has 41 heavy (non-hydrogen) atoms. The van der Waals surface area contributed by atoms with Crippen LogP contribution in [0.3, 0.4) is 0 Å². The molecule has 3 heterocycles. The highest BCUT2D eigenvalue weighted by Crippen LogP contribution is 2.36. The number of carbonyl (C=O) groups excluding carboxylic acids is 1. The summed E-state index contributed by atoms with van der Waals surface area (Å²) in [5, 5.41) is 39.6. The second-order valence-electron chi connectivity index (χ2n) is 9.66. The summed E-state index contributed by atoms with van der Waals surface area (Å²) in [6.07, 6.45) is -5.15. The number of amides is 1. The fourth-order valence-electron chi connectivity index (χ4n) is 5.14. The van der Waals surface area contributed by atoms with E-state index in [-0.39, 0.29) is 24.5 Å². The number of anilines is 1. The van der Waals surface area contributed by atoms with E-state index in [2.05, 4.69) is 26.2 Å². The SMILES string of the molecule is COC1C(C(=O)N(c2cccc(Br)c2)[C@H]2COC[C@@H]2O)OC(CO)C(O)C1n1cc(-c2cc(F)c(F)c(F)c2)nn1. The van der Waals surface area contributed by atoms with Crippen LogP contribution in [0.4, 0.5) is 18.9 Å². The molecule has 0 bridgehead atoms. The van der Waals surface area contributed by atoms with Crippen LogP contribution in [0.15, 0.2) is 47.1 Å². The molecule has 0 spiro atoms. The van der Waals surface area contributed by atoms with E-state index in [0.717, 1.165) is 16.8 Å². The van der Waals surface area contributed by atoms with Crippen molar-refractivity contribution < 1.29 is 47.5 Å². The van der Waals surface area contributed by atoms with Crippen molar-refractivity contribution in [2.45, 2.75) is 42.6 Å². The quantitative estimate of drug-likeness (QED) is 0.328. The number of rotatable bonds is 7. The molecule has 15 heteroatoms. The number of methoxy groups -OCH3 is 1. The summed E-state index contributed by atoms with van der Waals surface area (Å²) in [5.74, 6) is -5.14. The number of carbonyl (C=O) groups is 1. The van der Waals surface area contributed by atoms with Crippen molar-refractivity contribution >= 4 is 27.5 Å². The molecule has 5 unspecified atom stereocenters. The topological polar surface area (TPSA) is 139 Å². The maximum atomic E-state index is 14.2. The average molecular weight is 643 g/mol. The molecule has 220 valence electrons. The van der Waals surface area contributed by atoms with Gasteiger partial charge < -0.3 is 34.4 Å². The fourth-order valence-corrected chi connectivity index (χ4v) is 5.53. The molecule has 0 saturated carbocycles. The molecule has 1 aromatic heterocycles. The number of hydrogen-bond acceptors (Lipinski definition) is 9. The third kappa shape index (κ3) is 5.62. The van der Waals surface area contributed by atoms with Crippen LogP contribution in [0.2, 0.25) is 0 Å². The van der Waals surface area contributed by atoms with Gasteiger partial charge in [-0.05, 0) is 30.3 Å². The lowest BCUT2D eigenvalue weighted by atomic mass is 9.91. The van der Waals surface area contributed by atoms with E-state index in [4.69, 9.17) is 14.2 Å². The summed E-state index contributed by atoms with van der Waals surface area (Å²) in [4.78, 5) is 15.5. The Morgan fingerprint density at radius 2 is 1.93 bits per heavy atom. The van der Waals surface area contributed by atoms with E-state index in [1.165, 1.54) is 18.2 Å². The molecule has 2 aliphatic heterocycles. The molecule has 5 rings (SSSR count). The molecular formula is C26H26BrF3N4O7. The Labute approximate surface area is 240 Å². The lowest BCUT2D eigenvalue weighted by Crippen LogP contribution is -2.63. The van der Waals surface area contributed by atoms with Crippen LogP contribution in [0.5, 0.6) is 0 Å². The molecule has 2 fully saturated rings. The number of hydrogen-bond donors (Lipinski definition) is 3. The van der Waals surface area contributed by atoms with Gasteiger partial charge in [-0.15, -0.1) is 5.10 Å². The molecule has 2 aromatic carbocycles. The third-order valence-electron chi connectivity index (χ3n) is 7.15. The summed E-state index contributed by atoms with van der Waals surface area (Å²) in [7, 11) is 1.28. The van der Waals surface area contributed by atoms with E-state index in [1.807, 2.05) is 0 Å². The van der Waals surface area contributed by atoms with Gasteiger partial charge >= 0.3 is 0 Å². The van der Waals surface area contributed by atoms with Crippen LogP contribution >= 0.6 is 15.9 Å². The zero-order valence-corrected chi connectivity index (χ0v) is 23.1. The van der Waals surface area contributed by atoms with E-state index in [9.17, 15) is 33.3 Å². The first kappa shape index (κ1) is 29.6.